The van der Waals surface area contributed by atoms with Crippen LogP contribution in [0.4, 0.5) is 10.3 Å². The van der Waals surface area contributed by atoms with Crippen LogP contribution >= 0.6 is 0 Å². The van der Waals surface area contributed by atoms with Crippen molar-refractivity contribution in [2.24, 2.45) is 5.92 Å². The van der Waals surface area contributed by atoms with E-state index < -0.39 is 5.82 Å². The van der Waals surface area contributed by atoms with Gasteiger partial charge in [-0.15, -0.1) is 0 Å². The van der Waals surface area contributed by atoms with Crippen LogP contribution in [0.3, 0.4) is 0 Å². The second kappa shape index (κ2) is 7.71. The molecule has 7 rings (SSSR count). The van der Waals surface area contributed by atoms with Gasteiger partial charge < -0.3 is 15.4 Å². The number of nitrogens with one attached hydrogen (secondary N) is 2. The van der Waals surface area contributed by atoms with Gasteiger partial charge in [0, 0.05) is 24.1 Å². The van der Waals surface area contributed by atoms with Crippen molar-refractivity contribution >= 4 is 11.6 Å². The largest absolute Gasteiger partial charge is 0.495 e. The maximum Gasteiger partial charge on any atom is 0.223 e. The number of fused-ring (bicyclic) bond motifs is 1. The number of aromatic nitrogens is 5. The molecule has 0 radical (unpaired) electrons. The van der Waals surface area contributed by atoms with Crippen molar-refractivity contribution in [3.8, 4) is 17.1 Å². The molecule has 8 nitrogen and oxygen atoms in total. The molecule has 3 saturated carbocycles. The molecule has 0 spiro atoms. The summed E-state index contributed by atoms with van der Waals surface area (Å²) in [7, 11) is 1.66. The number of anilines is 1. The number of hydrogen-bond acceptors (Lipinski definition) is 7. The summed E-state index contributed by atoms with van der Waals surface area (Å²) in [5.41, 5.74) is 2.38. The van der Waals surface area contributed by atoms with E-state index in [-0.39, 0.29) is 17.2 Å². The molecule has 2 N–H and O–H groups in total. The van der Waals surface area contributed by atoms with Crippen molar-refractivity contribution in [1.82, 2.24) is 29.9 Å². The number of ether oxygens (including phenoxy) is 1. The van der Waals surface area contributed by atoms with Crippen molar-refractivity contribution in [2.45, 2.75) is 51.0 Å². The van der Waals surface area contributed by atoms with Crippen molar-refractivity contribution in [3.05, 3.63) is 30.0 Å². The highest BCUT2D eigenvalue weighted by Crippen LogP contribution is 2.66. The van der Waals surface area contributed by atoms with E-state index >= 15 is 0 Å². The van der Waals surface area contributed by atoms with Crippen molar-refractivity contribution in [1.29, 1.82) is 0 Å². The molecular weight excluding hydrogens is 397 g/mol. The van der Waals surface area contributed by atoms with E-state index in [1.807, 2.05) is 19.9 Å². The van der Waals surface area contributed by atoms with Crippen LogP contribution in [0.1, 0.15) is 45.2 Å². The highest BCUT2D eigenvalue weighted by Gasteiger charge is 2.59. The van der Waals surface area contributed by atoms with Gasteiger partial charge in [-0.1, -0.05) is 13.8 Å². The quantitative estimate of drug-likeness (QED) is 0.649. The summed E-state index contributed by atoms with van der Waals surface area (Å²) in [4.78, 5) is 13.0. The van der Waals surface area contributed by atoms with Gasteiger partial charge in [-0.2, -0.15) is 5.10 Å². The van der Waals surface area contributed by atoms with Gasteiger partial charge in [-0.25, -0.2) is 23.9 Å². The van der Waals surface area contributed by atoms with Gasteiger partial charge in [0.05, 0.1) is 19.5 Å². The SMILES string of the molecule is CC.COc1cc2ncc(-c3nc(NC4CCNC4)ncc3F)n2nc1C12CC(C1)C2. The number of methoxy groups -OCH3 is 1. The lowest BCUT2D eigenvalue weighted by molar-refractivity contribution is -0.0333. The summed E-state index contributed by atoms with van der Waals surface area (Å²) in [5.74, 6) is 1.49. The first kappa shape index (κ1) is 20.1. The van der Waals surface area contributed by atoms with E-state index in [9.17, 15) is 4.39 Å². The molecule has 1 unspecified atom stereocenters. The van der Waals surface area contributed by atoms with Crippen molar-refractivity contribution in [2.75, 3.05) is 25.5 Å². The van der Waals surface area contributed by atoms with Gasteiger partial charge in [0.15, 0.2) is 11.5 Å². The van der Waals surface area contributed by atoms with Crippen LogP contribution in [0.15, 0.2) is 18.5 Å². The summed E-state index contributed by atoms with van der Waals surface area (Å²) in [6.07, 6.45) is 7.25. The molecule has 31 heavy (non-hydrogen) atoms. The zero-order chi connectivity index (χ0) is 21.6. The zero-order valence-corrected chi connectivity index (χ0v) is 18.2. The van der Waals surface area contributed by atoms with Crippen LogP contribution in [0, 0.1) is 11.7 Å². The minimum absolute atomic E-state index is 0.109. The molecule has 3 aromatic rings. The average molecular weight is 426 g/mol. The molecule has 4 aliphatic rings. The van der Waals surface area contributed by atoms with E-state index in [4.69, 9.17) is 9.84 Å². The Morgan fingerprint density at radius 1 is 1.23 bits per heavy atom. The molecule has 1 aliphatic heterocycles. The van der Waals surface area contributed by atoms with Crippen LogP contribution in [0.5, 0.6) is 5.75 Å². The fourth-order valence-electron chi connectivity index (χ4n) is 4.93. The predicted octanol–water partition coefficient (Wildman–Crippen LogP) is 3.19. The predicted molar refractivity (Wildman–Crippen MR) is 116 cm³/mol. The summed E-state index contributed by atoms with van der Waals surface area (Å²) >= 11 is 0. The monoisotopic (exact) mass is 425 g/mol. The van der Waals surface area contributed by atoms with Gasteiger partial charge in [-0.3, -0.25) is 0 Å². The van der Waals surface area contributed by atoms with E-state index in [1.165, 1.54) is 6.20 Å². The van der Waals surface area contributed by atoms with Gasteiger partial charge in [0.1, 0.15) is 22.8 Å². The molecule has 0 amide bonds. The summed E-state index contributed by atoms with van der Waals surface area (Å²) in [6.45, 7) is 5.80. The van der Waals surface area contributed by atoms with Crippen LogP contribution in [-0.4, -0.2) is 50.8 Å². The van der Waals surface area contributed by atoms with Gasteiger partial charge in [0.25, 0.3) is 0 Å². The van der Waals surface area contributed by atoms with E-state index in [2.05, 4.69) is 25.6 Å². The summed E-state index contributed by atoms with van der Waals surface area (Å²) < 4.78 is 22.0. The molecule has 3 aliphatic carbocycles. The number of imidazole rings is 1. The molecule has 4 fully saturated rings. The molecule has 164 valence electrons. The first-order valence-electron chi connectivity index (χ1n) is 11.1. The Hall–Kier alpha value is -2.81. The fourth-order valence-corrected chi connectivity index (χ4v) is 4.93. The molecule has 1 saturated heterocycles. The highest BCUT2D eigenvalue weighted by atomic mass is 19.1. The summed E-state index contributed by atoms with van der Waals surface area (Å²) in [5, 5.41) is 11.4. The molecule has 1 atom stereocenters. The minimum atomic E-state index is -0.494. The normalized spacial score (nSPS) is 25.9. The standard InChI is InChI=1S/C20H22FN7O.C2H6/c1-29-15-4-16-23-10-14(28(16)27-18(15)20-5-11(6-20)7-20)17-13(21)9-24-19(26-17)25-12-2-3-22-8-12;1-2/h4,9-12,22H,2-3,5-8H2,1H3,(H,24,25,26);1-2H3. The third-order valence-corrected chi connectivity index (χ3v) is 6.60. The van der Waals surface area contributed by atoms with E-state index in [0.717, 1.165) is 56.1 Å². The first-order chi connectivity index (χ1) is 15.1. The Bertz CT molecular complexity index is 1090. The summed E-state index contributed by atoms with van der Waals surface area (Å²) in [6, 6.07) is 2.13. The molecule has 0 aromatic carbocycles. The lowest BCUT2D eigenvalue weighted by Crippen LogP contribution is -2.56. The molecular formula is C22H28FN7O. The lowest BCUT2D eigenvalue weighted by Gasteiger charge is -2.61. The van der Waals surface area contributed by atoms with Crippen molar-refractivity contribution in [3.63, 3.8) is 0 Å². The second-order valence-electron chi connectivity index (χ2n) is 8.46. The van der Waals surface area contributed by atoms with Crippen LogP contribution in [0.2, 0.25) is 0 Å². The van der Waals surface area contributed by atoms with Crippen LogP contribution in [-0.2, 0) is 5.41 Å². The average Bonchev–Trinajstić information content (AvgIpc) is 3.38. The van der Waals surface area contributed by atoms with E-state index in [0.29, 0.717) is 17.3 Å². The highest BCUT2D eigenvalue weighted by molar-refractivity contribution is 5.62. The van der Waals surface area contributed by atoms with Gasteiger partial charge in [-0.05, 0) is 38.1 Å². The van der Waals surface area contributed by atoms with Gasteiger partial charge in [0.2, 0.25) is 5.95 Å². The van der Waals surface area contributed by atoms with E-state index in [1.54, 1.807) is 17.8 Å². The third kappa shape index (κ3) is 3.22. The lowest BCUT2D eigenvalue weighted by atomic mass is 9.43. The smallest absolute Gasteiger partial charge is 0.223 e. The zero-order valence-electron chi connectivity index (χ0n) is 18.2. The number of nitrogens with zero attached hydrogens (tertiary/aromatic N) is 5. The first-order valence-corrected chi connectivity index (χ1v) is 11.1. The molecule has 3 aromatic heterocycles. The topological polar surface area (TPSA) is 89.3 Å². The Balaban J connectivity index is 0.000000994. The molecule has 9 heteroatoms. The second-order valence-corrected chi connectivity index (χ2v) is 8.46. The Kier molecular flexibility index (Phi) is 5.00. The van der Waals surface area contributed by atoms with Crippen LogP contribution in [0.25, 0.3) is 17.0 Å². The van der Waals surface area contributed by atoms with Gasteiger partial charge >= 0.3 is 0 Å². The fraction of sp³-hybridized carbons (Fsp3) is 0.545. The van der Waals surface area contributed by atoms with Crippen LogP contribution < -0.4 is 15.4 Å². The molecule has 2 bridgehead atoms. The number of hydrogen-bond donors (Lipinski definition) is 2. The van der Waals surface area contributed by atoms with Crippen molar-refractivity contribution < 1.29 is 9.13 Å². The minimum Gasteiger partial charge on any atom is -0.495 e. The third-order valence-electron chi connectivity index (χ3n) is 6.60. The maximum absolute atomic E-state index is 14.7. The Morgan fingerprint density at radius 3 is 2.68 bits per heavy atom. The maximum atomic E-state index is 14.7. The number of rotatable bonds is 5. The number of halogens is 1. The Labute approximate surface area is 180 Å². The molecule has 4 heterocycles. The Morgan fingerprint density at radius 2 is 2.03 bits per heavy atom.